The Kier molecular flexibility index (Phi) is 3.48. The molecule has 2 aliphatic heterocycles. The van der Waals surface area contributed by atoms with E-state index in [1.165, 1.54) is 0 Å². The number of hydrogen-bond donors (Lipinski definition) is 1. The van der Waals surface area contributed by atoms with E-state index in [2.05, 4.69) is 20.4 Å². The van der Waals surface area contributed by atoms with Crippen LogP contribution in [0.5, 0.6) is 0 Å². The highest BCUT2D eigenvalue weighted by Crippen LogP contribution is 2.35. The summed E-state index contributed by atoms with van der Waals surface area (Å²) < 4.78 is 6.03. The Hall–Kier alpha value is -1.69. The molecule has 3 heterocycles. The minimum Gasteiger partial charge on any atom is -0.363 e. The Morgan fingerprint density at radius 1 is 1.32 bits per heavy atom. The number of aryl methyl sites for hydroxylation is 1. The summed E-state index contributed by atoms with van der Waals surface area (Å²) in [4.78, 5) is 14.4. The molecule has 118 valence electrons. The molecular formula is C16H22N4O2. The number of carbonyl (C=O) groups is 1. The van der Waals surface area contributed by atoms with Crippen LogP contribution in [0.2, 0.25) is 0 Å². The van der Waals surface area contributed by atoms with Crippen molar-refractivity contribution < 1.29 is 9.53 Å². The van der Waals surface area contributed by atoms with Crippen molar-refractivity contribution in [3.8, 4) is 0 Å². The van der Waals surface area contributed by atoms with Crippen molar-refractivity contribution in [3.05, 3.63) is 17.8 Å². The summed E-state index contributed by atoms with van der Waals surface area (Å²) in [5.74, 6) is 1.47. The van der Waals surface area contributed by atoms with Crippen LogP contribution in [0.1, 0.15) is 31.4 Å². The molecule has 0 unspecified atom stereocenters. The number of nitrogens with zero attached hydrogens (tertiary/aromatic N) is 3. The number of ether oxygens (including phenoxy) is 1. The molecule has 0 aromatic carbocycles. The fourth-order valence-corrected chi connectivity index (χ4v) is 3.39. The molecule has 3 atom stereocenters. The second kappa shape index (κ2) is 5.50. The van der Waals surface area contributed by atoms with Crippen LogP contribution in [0, 0.1) is 12.8 Å². The van der Waals surface area contributed by atoms with Gasteiger partial charge in [-0.15, -0.1) is 5.10 Å². The summed E-state index contributed by atoms with van der Waals surface area (Å²) in [6, 6.07) is 4.39. The van der Waals surface area contributed by atoms with Gasteiger partial charge >= 0.3 is 0 Å². The number of nitrogens with one attached hydrogen (secondary N) is 1. The van der Waals surface area contributed by atoms with Crippen molar-refractivity contribution in [3.63, 3.8) is 0 Å². The zero-order chi connectivity index (χ0) is 15.1. The first kappa shape index (κ1) is 13.9. The largest absolute Gasteiger partial charge is 0.363 e. The summed E-state index contributed by atoms with van der Waals surface area (Å²) in [7, 11) is 0. The first-order valence-electron chi connectivity index (χ1n) is 8.20. The molecule has 0 spiro atoms. The highest BCUT2D eigenvalue weighted by atomic mass is 16.5. The minimum absolute atomic E-state index is 0.0820. The quantitative estimate of drug-likeness (QED) is 0.904. The second-order valence-electron chi connectivity index (χ2n) is 6.71. The highest BCUT2D eigenvalue weighted by Gasteiger charge is 2.43. The Morgan fingerprint density at radius 3 is 2.91 bits per heavy atom. The third kappa shape index (κ3) is 2.79. The van der Waals surface area contributed by atoms with Gasteiger partial charge in [-0.3, -0.25) is 4.79 Å². The van der Waals surface area contributed by atoms with Gasteiger partial charge in [-0.2, -0.15) is 5.10 Å². The van der Waals surface area contributed by atoms with Crippen LogP contribution in [0.15, 0.2) is 12.1 Å². The maximum absolute atomic E-state index is 12.2. The molecule has 1 aromatic heterocycles. The number of piperidine rings is 1. The van der Waals surface area contributed by atoms with Gasteiger partial charge in [-0.05, 0) is 50.7 Å². The fraction of sp³-hybridized carbons (Fsp3) is 0.688. The zero-order valence-electron chi connectivity index (χ0n) is 12.9. The maximum Gasteiger partial charge on any atom is 0.249 e. The monoisotopic (exact) mass is 302 g/mol. The lowest BCUT2D eigenvalue weighted by Gasteiger charge is -2.34. The Balaban J connectivity index is 1.38. The molecule has 3 aliphatic rings. The summed E-state index contributed by atoms with van der Waals surface area (Å²) in [5, 5.41) is 11.4. The van der Waals surface area contributed by atoms with Crippen LogP contribution >= 0.6 is 0 Å². The lowest BCUT2D eigenvalue weighted by Crippen LogP contribution is -2.43. The van der Waals surface area contributed by atoms with Crippen LogP contribution < -0.4 is 10.2 Å². The summed E-state index contributed by atoms with van der Waals surface area (Å²) in [6.45, 7) is 3.70. The number of amides is 1. The summed E-state index contributed by atoms with van der Waals surface area (Å²) in [5.41, 5.74) is 0.924. The van der Waals surface area contributed by atoms with Crippen LogP contribution in [-0.4, -0.2) is 47.4 Å². The van der Waals surface area contributed by atoms with Crippen molar-refractivity contribution in [2.45, 2.75) is 50.9 Å². The van der Waals surface area contributed by atoms with Gasteiger partial charge in [0.2, 0.25) is 5.91 Å². The predicted octanol–water partition coefficient (Wildman–Crippen LogP) is 1.05. The van der Waals surface area contributed by atoms with Gasteiger partial charge in [0.05, 0.1) is 11.8 Å². The first-order valence-corrected chi connectivity index (χ1v) is 8.20. The molecule has 1 aliphatic carbocycles. The number of hydrogen-bond acceptors (Lipinski definition) is 5. The fourth-order valence-electron chi connectivity index (χ4n) is 3.39. The molecule has 4 rings (SSSR count). The molecule has 6 nitrogen and oxygen atoms in total. The van der Waals surface area contributed by atoms with Crippen molar-refractivity contribution in [2.75, 3.05) is 18.0 Å². The van der Waals surface area contributed by atoms with Gasteiger partial charge in [-0.25, -0.2) is 0 Å². The molecule has 6 heteroatoms. The van der Waals surface area contributed by atoms with Crippen LogP contribution in [-0.2, 0) is 9.53 Å². The normalized spacial score (nSPS) is 31.0. The number of fused-ring (bicyclic) bond motifs is 1. The summed E-state index contributed by atoms with van der Waals surface area (Å²) in [6.07, 6.45) is 4.01. The van der Waals surface area contributed by atoms with Crippen molar-refractivity contribution in [2.24, 2.45) is 5.92 Å². The minimum atomic E-state index is -0.264. The van der Waals surface area contributed by atoms with Crippen LogP contribution in [0.4, 0.5) is 5.82 Å². The predicted molar refractivity (Wildman–Crippen MR) is 81.5 cm³/mol. The average molecular weight is 302 g/mol. The number of carbonyl (C=O) groups excluding carboxylic acids is 1. The van der Waals surface area contributed by atoms with E-state index in [9.17, 15) is 4.79 Å². The van der Waals surface area contributed by atoms with Crippen LogP contribution in [0.25, 0.3) is 0 Å². The molecule has 3 fully saturated rings. The second-order valence-corrected chi connectivity index (χ2v) is 6.71. The van der Waals surface area contributed by atoms with E-state index >= 15 is 0 Å². The molecule has 2 saturated heterocycles. The molecule has 0 radical (unpaired) electrons. The van der Waals surface area contributed by atoms with Gasteiger partial charge in [0.25, 0.3) is 0 Å². The van der Waals surface area contributed by atoms with Crippen LogP contribution in [0.3, 0.4) is 0 Å². The molecule has 0 bridgehead atoms. The SMILES string of the molecule is Cc1ccc(N2CC[C@@H]3C[C@H](C(=O)NC4CC4)O[C@@H]3C2)nn1. The smallest absolute Gasteiger partial charge is 0.249 e. The lowest BCUT2D eigenvalue weighted by atomic mass is 9.91. The number of anilines is 1. The van der Waals surface area contributed by atoms with Gasteiger partial charge in [0.1, 0.15) is 6.10 Å². The Labute approximate surface area is 130 Å². The highest BCUT2D eigenvalue weighted by molar-refractivity contribution is 5.81. The lowest BCUT2D eigenvalue weighted by molar-refractivity contribution is -0.132. The summed E-state index contributed by atoms with van der Waals surface area (Å²) >= 11 is 0. The third-order valence-corrected chi connectivity index (χ3v) is 4.88. The van der Waals surface area contributed by atoms with E-state index in [0.717, 1.165) is 50.3 Å². The van der Waals surface area contributed by atoms with E-state index in [1.54, 1.807) is 0 Å². The molecular weight excluding hydrogens is 280 g/mol. The van der Waals surface area contributed by atoms with Crippen molar-refractivity contribution in [1.29, 1.82) is 0 Å². The topological polar surface area (TPSA) is 67.4 Å². The molecule has 1 N–H and O–H groups in total. The van der Waals surface area contributed by atoms with Gasteiger partial charge < -0.3 is 15.0 Å². The van der Waals surface area contributed by atoms with Crippen molar-refractivity contribution >= 4 is 11.7 Å². The Morgan fingerprint density at radius 2 is 2.18 bits per heavy atom. The van der Waals surface area contributed by atoms with E-state index in [4.69, 9.17) is 4.74 Å². The number of aromatic nitrogens is 2. The standard InChI is InChI=1S/C16H22N4O2/c1-10-2-5-15(19-18-10)20-7-6-11-8-13(22-14(11)9-20)16(21)17-12-3-4-12/h2,5,11-14H,3-4,6-9H2,1H3,(H,17,21)/t11-,13-,14-/m1/s1. The van der Waals surface area contributed by atoms with Gasteiger partial charge in [0.15, 0.2) is 5.82 Å². The number of rotatable bonds is 3. The third-order valence-electron chi connectivity index (χ3n) is 4.88. The van der Waals surface area contributed by atoms with Gasteiger partial charge in [-0.1, -0.05) is 0 Å². The molecule has 1 amide bonds. The van der Waals surface area contributed by atoms with Crippen molar-refractivity contribution in [1.82, 2.24) is 15.5 Å². The van der Waals surface area contributed by atoms with E-state index in [0.29, 0.717) is 12.0 Å². The van der Waals surface area contributed by atoms with E-state index in [-0.39, 0.29) is 18.1 Å². The molecule has 22 heavy (non-hydrogen) atoms. The van der Waals surface area contributed by atoms with E-state index < -0.39 is 0 Å². The first-order chi connectivity index (χ1) is 10.7. The Bertz CT molecular complexity index is 558. The maximum atomic E-state index is 12.2. The average Bonchev–Trinajstić information content (AvgIpc) is 3.23. The molecule has 1 aromatic rings. The molecule has 1 saturated carbocycles. The van der Waals surface area contributed by atoms with E-state index in [1.807, 2.05) is 19.1 Å². The van der Waals surface area contributed by atoms with Gasteiger partial charge in [0, 0.05) is 19.1 Å². The zero-order valence-corrected chi connectivity index (χ0v) is 12.9.